The van der Waals surface area contributed by atoms with Crippen LogP contribution in [0.1, 0.15) is 44.9 Å². The van der Waals surface area contributed by atoms with Crippen molar-refractivity contribution in [2.75, 3.05) is 0 Å². The van der Waals surface area contributed by atoms with Crippen molar-refractivity contribution >= 4 is 0 Å². The van der Waals surface area contributed by atoms with E-state index in [1.54, 1.807) is 0 Å². The lowest BCUT2D eigenvalue weighted by atomic mass is 9.97. The molecule has 100 valence electrons. The van der Waals surface area contributed by atoms with E-state index in [9.17, 15) is 13.9 Å². The van der Waals surface area contributed by atoms with E-state index in [0.29, 0.717) is 0 Å². The second-order valence-electron chi connectivity index (χ2n) is 6.47. The highest BCUT2D eigenvalue weighted by atomic mass is 19.2. The average Bonchev–Trinajstić information content (AvgIpc) is 2.65. The van der Waals surface area contributed by atoms with E-state index < -0.39 is 17.7 Å². The molecule has 3 heteroatoms. The molecule has 0 saturated heterocycles. The Hall–Kier alpha value is -0.960. The first-order chi connectivity index (χ1) is 8.12. The number of hydrogen-bond donors (Lipinski definition) is 1. The molecule has 18 heavy (non-hydrogen) atoms. The zero-order valence-corrected chi connectivity index (χ0v) is 11.5. The quantitative estimate of drug-likeness (QED) is 0.846. The van der Waals surface area contributed by atoms with Gasteiger partial charge in [0.15, 0.2) is 11.6 Å². The van der Waals surface area contributed by atoms with E-state index in [0.717, 1.165) is 0 Å². The summed E-state index contributed by atoms with van der Waals surface area (Å²) in [4.78, 5) is 0. The van der Waals surface area contributed by atoms with Crippen LogP contribution in [-0.4, -0.2) is 5.11 Å². The van der Waals surface area contributed by atoms with Gasteiger partial charge in [0.05, 0.1) is 6.10 Å². The standard InChI is InChI=1S/C15H20F2O/c1-8-6-7-9(11(17)10(8)16)12(18)13-14(2,3)15(13,4)5/h6-7,12-13,18H,1-5H3. The van der Waals surface area contributed by atoms with Gasteiger partial charge in [-0.25, -0.2) is 8.78 Å². The van der Waals surface area contributed by atoms with Crippen molar-refractivity contribution in [1.82, 2.24) is 0 Å². The number of aliphatic hydroxyl groups is 1. The maximum Gasteiger partial charge on any atom is 0.164 e. The number of halogens is 2. The van der Waals surface area contributed by atoms with Crippen LogP contribution in [0.5, 0.6) is 0 Å². The third-order valence-electron chi connectivity index (χ3n) is 5.07. The number of aliphatic hydroxyl groups excluding tert-OH is 1. The monoisotopic (exact) mass is 254 g/mol. The Balaban J connectivity index is 2.38. The summed E-state index contributed by atoms with van der Waals surface area (Å²) in [5, 5.41) is 10.3. The zero-order valence-electron chi connectivity index (χ0n) is 11.5. The molecule has 0 bridgehead atoms. The van der Waals surface area contributed by atoms with Crippen molar-refractivity contribution in [3.63, 3.8) is 0 Å². The molecule has 0 radical (unpaired) electrons. The normalized spacial score (nSPS) is 22.9. The average molecular weight is 254 g/mol. The molecule has 1 aromatic carbocycles. The molecular formula is C15H20F2O. The van der Waals surface area contributed by atoms with Gasteiger partial charge in [0, 0.05) is 11.5 Å². The summed E-state index contributed by atoms with van der Waals surface area (Å²) in [6.07, 6.45) is -0.954. The lowest BCUT2D eigenvalue weighted by Gasteiger charge is -2.15. The van der Waals surface area contributed by atoms with Gasteiger partial charge in [0.1, 0.15) is 0 Å². The van der Waals surface area contributed by atoms with Gasteiger partial charge in [-0.15, -0.1) is 0 Å². The lowest BCUT2D eigenvalue weighted by molar-refractivity contribution is 0.125. The van der Waals surface area contributed by atoms with Crippen LogP contribution in [0.15, 0.2) is 12.1 Å². The van der Waals surface area contributed by atoms with Gasteiger partial charge in [-0.1, -0.05) is 39.8 Å². The minimum atomic E-state index is -0.954. The molecule has 1 N–H and O–H groups in total. The molecule has 1 aliphatic carbocycles. The molecule has 1 unspecified atom stereocenters. The van der Waals surface area contributed by atoms with Crippen LogP contribution in [-0.2, 0) is 0 Å². The minimum absolute atomic E-state index is 0.0541. The van der Waals surface area contributed by atoms with Crippen molar-refractivity contribution in [2.45, 2.75) is 40.7 Å². The summed E-state index contributed by atoms with van der Waals surface area (Å²) in [7, 11) is 0. The number of hydrogen-bond acceptors (Lipinski definition) is 1. The Bertz CT molecular complexity index is 478. The summed E-state index contributed by atoms with van der Waals surface area (Å²) in [5.74, 6) is -1.83. The fourth-order valence-corrected chi connectivity index (χ4v) is 3.11. The van der Waals surface area contributed by atoms with Crippen molar-refractivity contribution in [3.8, 4) is 0 Å². The third-order valence-corrected chi connectivity index (χ3v) is 5.07. The Labute approximate surface area is 107 Å². The zero-order chi connectivity index (χ0) is 13.9. The van der Waals surface area contributed by atoms with Crippen LogP contribution >= 0.6 is 0 Å². The summed E-state index contributed by atoms with van der Waals surface area (Å²) >= 11 is 0. The predicted molar refractivity (Wildman–Crippen MR) is 67.1 cm³/mol. The van der Waals surface area contributed by atoms with Crippen LogP contribution in [0, 0.1) is 35.3 Å². The SMILES string of the molecule is Cc1ccc(C(O)C2C(C)(C)C2(C)C)c(F)c1F. The highest BCUT2D eigenvalue weighted by Crippen LogP contribution is 2.72. The van der Waals surface area contributed by atoms with Crippen molar-refractivity contribution in [3.05, 3.63) is 34.9 Å². The van der Waals surface area contributed by atoms with Gasteiger partial charge in [0.2, 0.25) is 0 Å². The van der Waals surface area contributed by atoms with E-state index in [4.69, 9.17) is 0 Å². The summed E-state index contributed by atoms with van der Waals surface area (Å²) in [6, 6.07) is 3.00. The predicted octanol–water partition coefficient (Wildman–Crippen LogP) is 3.99. The Morgan fingerprint density at radius 2 is 1.56 bits per heavy atom. The Morgan fingerprint density at radius 3 is 2.00 bits per heavy atom. The Morgan fingerprint density at radius 1 is 1.06 bits per heavy atom. The van der Waals surface area contributed by atoms with Crippen LogP contribution in [0.3, 0.4) is 0 Å². The molecule has 0 spiro atoms. The van der Waals surface area contributed by atoms with E-state index in [-0.39, 0.29) is 27.9 Å². The summed E-state index contributed by atoms with van der Waals surface area (Å²) < 4.78 is 27.4. The van der Waals surface area contributed by atoms with Crippen LogP contribution in [0.25, 0.3) is 0 Å². The molecule has 0 aromatic heterocycles. The molecule has 1 aromatic rings. The molecule has 1 fully saturated rings. The molecular weight excluding hydrogens is 234 g/mol. The lowest BCUT2D eigenvalue weighted by Crippen LogP contribution is -2.09. The Kier molecular flexibility index (Phi) is 2.82. The van der Waals surface area contributed by atoms with Crippen LogP contribution in [0.4, 0.5) is 8.78 Å². The largest absolute Gasteiger partial charge is 0.388 e. The molecule has 0 aliphatic heterocycles. The first-order valence-electron chi connectivity index (χ1n) is 6.25. The fraction of sp³-hybridized carbons (Fsp3) is 0.600. The molecule has 1 nitrogen and oxygen atoms in total. The number of benzene rings is 1. The molecule has 0 amide bonds. The van der Waals surface area contributed by atoms with Gasteiger partial charge in [-0.05, 0) is 23.3 Å². The van der Waals surface area contributed by atoms with Gasteiger partial charge in [-0.3, -0.25) is 0 Å². The van der Waals surface area contributed by atoms with Crippen LogP contribution in [0.2, 0.25) is 0 Å². The van der Waals surface area contributed by atoms with Gasteiger partial charge < -0.3 is 5.11 Å². The van der Waals surface area contributed by atoms with E-state index in [2.05, 4.69) is 0 Å². The van der Waals surface area contributed by atoms with Crippen molar-refractivity contribution in [1.29, 1.82) is 0 Å². The highest BCUT2D eigenvalue weighted by molar-refractivity contribution is 5.30. The maximum atomic E-state index is 13.9. The van der Waals surface area contributed by atoms with Gasteiger partial charge >= 0.3 is 0 Å². The number of rotatable bonds is 2. The number of aryl methyl sites for hydroxylation is 1. The first-order valence-corrected chi connectivity index (χ1v) is 6.25. The van der Waals surface area contributed by atoms with Gasteiger partial charge in [-0.2, -0.15) is 0 Å². The molecule has 0 heterocycles. The smallest absolute Gasteiger partial charge is 0.164 e. The molecule has 1 saturated carbocycles. The second-order valence-corrected chi connectivity index (χ2v) is 6.47. The van der Waals surface area contributed by atoms with E-state index in [1.807, 2.05) is 27.7 Å². The second kappa shape index (κ2) is 3.77. The summed E-state index contributed by atoms with van der Waals surface area (Å²) in [6.45, 7) is 9.69. The van der Waals surface area contributed by atoms with E-state index in [1.165, 1.54) is 19.1 Å². The van der Waals surface area contributed by atoms with Gasteiger partial charge in [0.25, 0.3) is 0 Å². The first kappa shape index (κ1) is 13.5. The highest BCUT2D eigenvalue weighted by Gasteiger charge is 2.67. The topological polar surface area (TPSA) is 20.2 Å². The van der Waals surface area contributed by atoms with E-state index >= 15 is 0 Å². The molecule has 2 rings (SSSR count). The minimum Gasteiger partial charge on any atom is -0.388 e. The third kappa shape index (κ3) is 1.60. The fourth-order valence-electron chi connectivity index (χ4n) is 3.11. The van der Waals surface area contributed by atoms with Crippen molar-refractivity contribution < 1.29 is 13.9 Å². The summed E-state index contributed by atoms with van der Waals surface area (Å²) in [5.41, 5.74) is 0.194. The molecule has 1 atom stereocenters. The van der Waals surface area contributed by atoms with Crippen molar-refractivity contribution in [2.24, 2.45) is 16.7 Å². The molecule has 1 aliphatic rings. The maximum absolute atomic E-state index is 13.9. The van der Waals surface area contributed by atoms with Crippen LogP contribution < -0.4 is 0 Å².